The van der Waals surface area contributed by atoms with Gasteiger partial charge in [-0.2, -0.15) is 0 Å². The Morgan fingerprint density at radius 2 is 1.31 bits per heavy atom. The summed E-state index contributed by atoms with van der Waals surface area (Å²) in [7, 11) is 0. The Balaban J connectivity index is 2.10. The molecule has 0 amide bonds. The van der Waals surface area contributed by atoms with E-state index < -0.39 is 0 Å². The number of ether oxygens (including phenoxy) is 2. The largest absolute Gasteiger partial charge is 0.372 e. The molecule has 0 saturated carbocycles. The molecule has 0 saturated heterocycles. The molecule has 0 radical (unpaired) electrons. The van der Waals surface area contributed by atoms with Crippen LogP contribution in [-0.4, -0.2) is 29.2 Å². The highest BCUT2D eigenvalue weighted by Gasteiger charge is 2.26. The van der Waals surface area contributed by atoms with Gasteiger partial charge >= 0.3 is 0 Å². The Bertz CT molecular complexity index is 711. The molecular weight excluding hydrogens is 376 g/mol. The van der Waals surface area contributed by atoms with Gasteiger partial charge in [0.1, 0.15) is 0 Å². The predicted octanol–water partition coefficient (Wildman–Crippen LogP) is 7.09. The van der Waals surface area contributed by atoms with Gasteiger partial charge in [0.15, 0.2) is 0 Å². The second-order valence-electron chi connectivity index (χ2n) is 9.75. The van der Waals surface area contributed by atoms with E-state index in [0.29, 0.717) is 0 Å². The number of benzene rings is 2. The molecule has 3 heteroatoms. The molecule has 0 aromatic heterocycles. The van der Waals surface area contributed by atoms with Crippen LogP contribution in [0.1, 0.15) is 59.1 Å². The van der Waals surface area contributed by atoms with Gasteiger partial charge in [-0.3, -0.25) is 0 Å². The number of aryl methyl sites for hydroxylation is 1. The van der Waals surface area contributed by atoms with Gasteiger partial charge in [-0.1, -0.05) is 48.0 Å². The molecule has 0 heterocycles. The molecule has 160 valence electrons. The van der Waals surface area contributed by atoms with E-state index in [0.717, 1.165) is 18.6 Å². The van der Waals surface area contributed by atoms with E-state index in [4.69, 9.17) is 9.47 Å². The van der Waals surface area contributed by atoms with E-state index in [1.54, 1.807) is 0 Å². The van der Waals surface area contributed by atoms with Crippen molar-refractivity contribution in [2.75, 3.05) is 5.75 Å². The molecule has 2 nitrogen and oxygen atoms in total. The minimum atomic E-state index is -0.185. The molecule has 0 spiro atoms. The fourth-order valence-electron chi connectivity index (χ4n) is 3.32. The second-order valence-corrected chi connectivity index (χ2v) is 10.8. The van der Waals surface area contributed by atoms with Crippen LogP contribution in [0.3, 0.4) is 0 Å². The molecule has 0 aliphatic rings. The second kappa shape index (κ2) is 10.7. The quantitative estimate of drug-likeness (QED) is 0.408. The molecule has 0 fully saturated rings. The molecule has 0 unspecified atom stereocenters. The average molecular weight is 415 g/mol. The smallest absolute Gasteiger partial charge is 0.0700 e. The van der Waals surface area contributed by atoms with Gasteiger partial charge in [0.05, 0.1) is 23.4 Å². The van der Waals surface area contributed by atoms with Crippen molar-refractivity contribution in [1.82, 2.24) is 0 Å². The fraction of sp³-hybridized carbons (Fsp3) is 0.538. The maximum Gasteiger partial charge on any atom is 0.0700 e. The first-order valence-electron chi connectivity index (χ1n) is 10.6. The highest BCUT2D eigenvalue weighted by molar-refractivity contribution is 7.99. The van der Waals surface area contributed by atoms with Crippen molar-refractivity contribution < 1.29 is 9.47 Å². The van der Waals surface area contributed by atoms with Crippen LogP contribution in [0.15, 0.2) is 59.5 Å². The number of hydrogen-bond acceptors (Lipinski definition) is 3. The van der Waals surface area contributed by atoms with E-state index in [9.17, 15) is 0 Å². The summed E-state index contributed by atoms with van der Waals surface area (Å²) in [6.07, 6.45) is 2.01. The van der Waals surface area contributed by atoms with Crippen molar-refractivity contribution in [2.45, 2.75) is 89.6 Å². The number of thioether (sulfide) groups is 1. The lowest BCUT2D eigenvalue weighted by Gasteiger charge is -2.33. The van der Waals surface area contributed by atoms with Gasteiger partial charge in [-0.05, 0) is 72.6 Å². The van der Waals surface area contributed by atoms with E-state index in [-0.39, 0.29) is 23.4 Å². The Morgan fingerprint density at radius 3 is 1.86 bits per heavy atom. The zero-order valence-electron chi connectivity index (χ0n) is 19.2. The Kier molecular flexibility index (Phi) is 8.81. The third-order valence-electron chi connectivity index (χ3n) is 4.33. The highest BCUT2D eigenvalue weighted by atomic mass is 32.2. The van der Waals surface area contributed by atoms with Gasteiger partial charge in [-0.15, -0.1) is 11.8 Å². The van der Waals surface area contributed by atoms with Crippen LogP contribution in [0.5, 0.6) is 0 Å². The van der Waals surface area contributed by atoms with Gasteiger partial charge in [0, 0.05) is 17.1 Å². The summed E-state index contributed by atoms with van der Waals surface area (Å²) in [5.41, 5.74) is 2.23. The topological polar surface area (TPSA) is 18.5 Å². The third-order valence-corrected chi connectivity index (χ3v) is 5.47. The molecule has 2 rings (SSSR count). The lowest BCUT2D eigenvalue weighted by molar-refractivity contribution is -0.105. The SMILES string of the molecule is Cc1ccc(SC[C@@H](C[C@@H](Cc2ccccc2)OC(C)(C)C)OC(C)(C)C)cc1. The first-order valence-corrected chi connectivity index (χ1v) is 11.6. The lowest BCUT2D eigenvalue weighted by atomic mass is 10.0. The van der Waals surface area contributed by atoms with Crippen LogP contribution < -0.4 is 0 Å². The van der Waals surface area contributed by atoms with Gasteiger partial charge in [0.2, 0.25) is 0 Å². The highest BCUT2D eigenvalue weighted by Crippen LogP contribution is 2.27. The van der Waals surface area contributed by atoms with Crippen molar-refractivity contribution >= 4 is 11.8 Å². The monoisotopic (exact) mass is 414 g/mol. The summed E-state index contributed by atoms with van der Waals surface area (Å²) >= 11 is 1.86. The van der Waals surface area contributed by atoms with Crippen molar-refractivity contribution in [3.8, 4) is 0 Å². The lowest BCUT2D eigenvalue weighted by Crippen LogP contribution is -2.36. The zero-order valence-corrected chi connectivity index (χ0v) is 20.0. The zero-order chi connectivity index (χ0) is 21.5. The van der Waals surface area contributed by atoms with Gasteiger partial charge in [-0.25, -0.2) is 0 Å². The third kappa shape index (κ3) is 10.3. The van der Waals surface area contributed by atoms with Crippen LogP contribution in [0.4, 0.5) is 0 Å². The first-order chi connectivity index (χ1) is 13.5. The van der Waals surface area contributed by atoms with Gasteiger partial charge in [0.25, 0.3) is 0 Å². The standard InChI is InChI=1S/C26H38O2S/c1-20-13-15-24(16-14-20)29-19-23(28-26(5,6)7)18-22(27-25(2,3)4)17-21-11-9-8-10-12-21/h8-16,22-23H,17-19H2,1-7H3/t22-,23-/m1/s1. The number of rotatable bonds is 9. The molecule has 29 heavy (non-hydrogen) atoms. The summed E-state index contributed by atoms with van der Waals surface area (Å²) in [5, 5.41) is 0. The maximum atomic E-state index is 6.47. The molecule has 0 aliphatic heterocycles. The summed E-state index contributed by atoms with van der Waals surface area (Å²) < 4.78 is 12.9. The minimum Gasteiger partial charge on any atom is -0.372 e. The van der Waals surface area contributed by atoms with E-state index in [2.05, 4.69) is 103 Å². The molecule has 0 N–H and O–H groups in total. The summed E-state index contributed by atoms with van der Waals surface area (Å²) in [5.74, 6) is 0.916. The molecule has 0 aliphatic carbocycles. The molecular formula is C26H38O2S. The molecule has 2 aromatic rings. The predicted molar refractivity (Wildman–Crippen MR) is 126 cm³/mol. The Hall–Kier alpha value is -1.29. The fourth-order valence-corrected chi connectivity index (χ4v) is 4.23. The van der Waals surface area contributed by atoms with Crippen molar-refractivity contribution in [2.24, 2.45) is 0 Å². The van der Waals surface area contributed by atoms with Crippen LogP contribution in [-0.2, 0) is 15.9 Å². The van der Waals surface area contributed by atoms with Crippen LogP contribution >= 0.6 is 11.8 Å². The molecule has 0 bridgehead atoms. The molecule has 2 atom stereocenters. The Labute approximate surface area is 182 Å². The van der Waals surface area contributed by atoms with E-state index in [1.165, 1.54) is 16.0 Å². The number of hydrogen-bond donors (Lipinski definition) is 0. The van der Waals surface area contributed by atoms with E-state index >= 15 is 0 Å². The first kappa shape index (κ1) is 24.0. The van der Waals surface area contributed by atoms with E-state index in [1.807, 2.05) is 11.8 Å². The van der Waals surface area contributed by atoms with Crippen molar-refractivity contribution in [3.63, 3.8) is 0 Å². The Morgan fingerprint density at radius 1 is 0.759 bits per heavy atom. The van der Waals surface area contributed by atoms with Crippen LogP contribution in [0, 0.1) is 6.92 Å². The maximum absolute atomic E-state index is 6.47. The minimum absolute atomic E-state index is 0.114. The summed E-state index contributed by atoms with van der Waals surface area (Å²) in [4.78, 5) is 1.29. The summed E-state index contributed by atoms with van der Waals surface area (Å²) in [6, 6.07) is 19.3. The van der Waals surface area contributed by atoms with Crippen molar-refractivity contribution in [3.05, 3.63) is 65.7 Å². The van der Waals surface area contributed by atoms with Crippen LogP contribution in [0.25, 0.3) is 0 Å². The average Bonchev–Trinajstić information content (AvgIpc) is 2.59. The van der Waals surface area contributed by atoms with Crippen LogP contribution in [0.2, 0.25) is 0 Å². The normalized spacial score (nSPS) is 14.6. The van der Waals surface area contributed by atoms with Gasteiger partial charge < -0.3 is 9.47 Å². The summed E-state index contributed by atoms with van der Waals surface area (Å²) in [6.45, 7) is 14.9. The van der Waals surface area contributed by atoms with Crippen molar-refractivity contribution in [1.29, 1.82) is 0 Å². The molecule has 2 aromatic carbocycles.